The zero-order valence-corrected chi connectivity index (χ0v) is 13.2. The molecule has 0 saturated heterocycles. The van der Waals surface area contributed by atoms with Gasteiger partial charge in [-0.15, -0.1) is 0 Å². The minimum atomic E-state index is -0.356. The van der Waals surface area contributed by atoms with Gasteiger partial charge < -0.3 is 5.32 Å². The van der Waals surface area contributed by atoms with Crippen molar-refractivity contribution in [3.63, 3.8) is 0 Å². The van der Waals surface area contributed by atoms with Crippen molar-refractivity contribution in [3.8, 4) is 6.07 Å². The van der Waals surface area contributed by atoms with Crippen LogP contribution in [0.5, 0.6) is 0 Å². The standard InChI is InChI=1S/C18H25FN2/c1-18(2,3)14-5-4-6-16(9-7-14)21-17-10-8-15(19)11-13(17)12-20/h8,10-11,14,16,21H,4-7,9H2,1-3H3. The van der Waals surface area contributed by atoms with E-state index in [4.69, 9.17) is 5.26 Å². The van der Waals surface area contributed by atoms with Crippen LogP contribution >= 0.6 is 0 Å². The predicted octanol–water partition coefficient (Wildman–Crippen LogP) is 5.10. The summed E-state index contributed by atoms with van der Waals surface area (Å²) >= 11 is 0. The summed E-state index contributed by atoms with van der Waals surface area (Å²) in [5.74, 6) is 0.402. The molecule has 2 atom stereocenters. The second-order valence-corrected chi connectivity index (χ2v) is 7.21. The Morgan fingerprint density at radius 2 is 1.95 bits per heavy atom. The summed E-state index contributed by atoms with van der Waals surface area (Å²) in [5.41, 5.74) is 1.52. The van der Waals surface area contributed by atoms with E-state index in [1.54, 1.807) is 6.07 Å². The SMILES string of the molecule is CC(C)(C)C1CCCC(Nc2ccc(F)cc2C#N)CC1. The summed E-state index contributed by atoms with van der Waals surface area (Å²) in [7, 11) is 0. The zero-order chi connectivity index (χ0) is 15.5. The highest BCUT2D eigenvalue weighted by atomic mass is 19.1. The van der Waals surface area contributed by atoms with E-state index in [0.717, 1.165) is 24.4 Å². The Morgan fingerprint density at radius 1 is 1.19 bits per heavy atom. The number of benzene rings is 1. The fraction of sp³-hybridized carbons (Fsp3) is 0.611. The Morgan fingerprint density at radius 3 is 2.62 bits per heavy atom. The lowest BCUT2D eigenvalue weighted by Gasteiger charge is -2.29. The molecule has 114 valence electrons. The molecule has 21 heavy (non-hydrogen) atoms. The first kappa shape index (κ1) is 15.8. The van der Waals surface area contributed by atoms with E-state index in [1.807, 2.05) is 0 Å². The number of hydrogen-bond acceptors (Lipinski definition) is 2. The van der Waals surface area contributed by atoms with Crippen molar-refractivity contribution < 1.29 is 4.39 Å². The third-order valence-electron chi connectivity index (χ3n) is 4.66. The van der Waals surface area contributed by atoms with Crippen LogP contribution in [0.3, 0.4) is 0 Å². The van der Waals surface area contributed by atoms with Gasteiger partial charge in [0.25, 0.3) is 0 Å². The summed E-state index contributed by atoms with van der Waals surface area (Å²) in [6, 6.07) is 6.85. The van der Waals surface area contributed by atoms with Gasteiger partial charge in [-0.2, -0.15) is 5.26 Å². The topological polar surface area (TPSA) is 35.8 Å². The van der Waals surface area contributed by atoms with Crippen LogP contribution in [0.25, 0.3) is 0 Å². The van der Waals surface area contributed by atoms with Gasteiger partial charge >= 0.3 is 0 Å². The molecule has 0 aromatic heterocycles. The number of rotatable bonds is 2. The van der Waals surface area contributed by atoms with Gasteiger partial charge in [0.2, 0.25) is 0 Å². The zero-order valence-electron chi connectivity index (χ0n) is 13.2. The van der Waals surface area contributed by atoms with Crippen LogP contribution in [0.1, 0.15) is 58.4 Å². The second kappa shape index (κ2) is 6.47. The van der Waals surface area contributed by atoms with Crippen LogP contribution in [0.2, 0.25) is 0 Å². The molecule has 1 N–H and O–H groups in total. The molecule has 0 amide bonds. The van der Waals surface area contributed by atoms with Crippen molar-refractivity contribution in [1.82, 2.24) is 0 Å². The Bertz CT molecular complexity index is 525. The van der Waals surface area contributed by atoms with E-state index in [9.17, 15) is 4.39 Å². The highest BCUT2D eigenvalue weighted by molar-refractivity contribution is 5.57. The van der Waals surface area contributed by atoms with Crippen LogP contribution in [-0.2, 0) is 0 Å². The molecule has 0 radical (unpaired) electrons. The number of halogens is 1. The third-order valence-corrected chi connectivity index (χ3v) is 4.66. The van der Waals surface area contributed by atoms with Crippen LogP contribution in [-0.4, -0.2) is 6.04 Å². The van der Waals surface area contributed by atoms with Crippen LogP contribution < -0.4 is 5.32 Å². The molecule has 1 saturated carbocycles. The fourth-order valence-corrected chi connectivity index (χ4v) is 3.27. The Kier molecular flexibility index (Phi) is 4.88. The van der Waals surface area contributed by atoms with Crippen molar-refractivity contribution in [2.75, 3.05) is 5.32 Å². The van der Waals surface area contributed by atoms with E-state index >= 15 is 0 Å². The molecule has 2 nitrogen and oxygen atoms in total. The van der Waals surface area contributed by atoms with Crippen molar-refractivity contribution in [3.05, 3.63) is 29.6 Å². The fourth-order valence-electron chi connectivity index (χ4n) is 3.27. The lowest BCUT2D eigenvalue weighted by atomic mass is 9.76. The monoisotopic (exact) mass is 288 g/mol. The minimum absolute atomic E-state index is 0.356. The molecule has 2 unspecified atom stereocenters. The van der Waals surface area contributed by atoms with Crippen LogP contribution in [0.15, 0.2) is 18.2 Å². The van der Waals surface area contributed by atoms with Crippen LogP contribution in [0, 0.1) is 28.5 Å². The molecule has 0 spiro atoms. The number of hydrogen-bond donors (Lipinski definition) is 1. The average molecular weight is 288 g/mol. The normalized spacial score (nSPS) is 23.2. The van der Waals surface area contributed by atoms with Crippen molar-refractivity contribution in [2.45, 2.75) is 58.9 Å². The van der Waals surface area contributed by atoms with Crippen molar-refractivity contribution in [1.29, 1.82) is 5.26 Å². The highest BCUT2D eigenvalue weighted by Gasteiger charge is 2.27. The number of nitrogens with zero attached hydrogens (tertiary/aromatic N) is 1. The first-order valence-corrected chi connectivity index (χ1v) is 7.86. The molecule has 1 aromatic carbocycles. The van der Waals surface area contributed by atoms with Crippen molar-refractivity contribution in [2.24, 2.45) is 11.3 Å². The summed E-state index contributed by atoms with van der Waals surface area (Å²) in [6.45, 7) is 6.96. The smallest absolute Gasteiger partial charge is 0.124 e. The van der Waals surface area contributed by atoms with Gasteiger partial charge in [-0.3, -0.25) is 0 Å². The summed E-state index contributed by atoms with van der Waals surface area (Å²) in [4.78, 5) is 0. The molecule has 1 aliphatic carbocycles. The lowest BCUT2D eigenvalue weighted by Crippen LogP contribution is -2.22. The maximum Gasteiger partial charge on any atom is 0.124 e. The van der Waals surface area contributed by atoms with E-state index in [-0.39, 0.29) is 5.82 Å². The summed E-state index contributed by atoms with van der Waals surface area (Å²) in [6.07, 6.45) is 5.93. The first-order valence-electron chi connectivity index (χ1n) is 7.86. The van der Waals surface area contributed by atoms with Gasteiger partial charge in [-0.05, 0) is 55.2 Å². The Labute approximate surface area is 127 Å². The lowest BCUT2D eigenvalue weighted by molar-refractivity contribution is 0.214. The molecule has 0 aliphatic heterocycles. The maximum atomic E-state index is 13.2. The predicted molar refractivity (Wildman–Crippen MR) is 84.6 cm³/mol. The number of nitrogens with one attached hydrogen (secondary N) is 1. The van der Waals surface area contributed by atoms with Gasteiger partial charge in [0, 0.05) is 6.04 Å². The van der Waals surface area contributed by atoms with Gasteiger partial charge in [0.1, 0.15) is 11.9 Å². The van der Waals surface area contributed by atoms with Crippen LogP contribution in [0.4, 0.5) is 10.1 Å². The van der Waals surface area contributed by atoms with Crippen molar-refractivity contribution >= 4 is 5.69 Å². The molecule has 3 heteroatoms. The van der Waals surface area contributed by atoms with Gasteiger partial charge in [-0.1, -0.05) is 27.2 Å². The molecule has 1 fully saturated rings. The largest absolute Gasteiger partial charge is 0.381 e. The molecular formula is C18H25FN2. The Balaban J connectivity index is 2.03. The number of anilines is 1. The summed E-state index contributed by atoms with van der Waals surface area (Å²) in [5, 5.41) is 12.6. The molecule has 0 bridgehead atoms. The average Bonchev–Trinajstić information content (AvgIpc) is 2.66. The van der Waals surface area contributed by atoms with E-state index in [1.165, 1.54) is 31.4 Å². The highest BCUT2D eigenvalue weighted by Crippen LogP contribution is 2.37. The van der Waals surface area contributed by atoms with Gasteiger partial charge in [0.15, 0.2) is 0 Å². The third kappa shape index (κ3) is 4.20. The second-order valence-electron chi connectivity index (χ2n) is 7.21. The minimum Gasteiger partial charge on any atom is -0.381 e. The molecule has 2 rings (SSSR count). The van der Waals surface area contributed by atoms with Gasteiger partial charge in [0.05, 0.1) is 11.3 Å². The number of nitriles is 1. The van der Waals surface area contributed by atoms with Gasteiger partial charge in [-0.25, -0.2) is 4.39 Å². The molecular weight excluding hydrogens is 263 g/mol. The quantitative estimate of drug-likeness (QED) is 0.768. The van der Waals surface area contributed by atoms with E-state index in [0.29, 0.717) is 17.0 Å². The molecule has 1 aromatic rings. The molecule has 0 heterocycles. The maximum absolute atomic E-state index is 13.2. The van der Waals surface area contributed by atoms with E-state index in [2.05, 4.69) is 32.2 Å². The molecule has 1 aliphatic rings. The summed E-state index contributed by atoms with van der Waals surface area (Å²) < 4.78 is 13.2. The first-order chi connectivity index (χ1) is 9.90. The van der Waals surface area contributed by atoms with E-state index < -0.39 is 0 Å². The Hall–Kier alpha value is -1.56.